The Hall–Kier alpha value is -3.79. The van der Waals surface area contributed by atoms with E-state index < -0.39 is 23.3 Å². The first kappa shape index (κ1) is 27.3. The Labute approximate surface area is 223 Å². The van der Waals surface area contributed by atoms with Crippen LogP contribution in [0.15, 0.2) is 30.3 Å². The molecule has 2 heterocycles. The van der Waals surface area contributed by atoms with E-state index in [4.69, 9.17) is 18.9 Å². The third-order valence-corrected chi connectivity index (χ3v) is 7.77. The lowest BCUT2D eigenvalue weighted by Gasteiger charge is -2.46. The van der Waals surface area contributed by atoms with E-state index in [0.29, 0.717) is 41.5 Å². The van der Waals surface area contributed by atoms with Crippen molar-refractivity contribution in [3.05, 3.63) is 47.0 Å². The molecule has 0 radical (unpaired) electrons. The fraction of sp³-hybridized carbons (Fsp3) is 0.464. The second-order valence-electron chi connectivity index (χ2n) is 9.75. The molecule has 10 nitrogen and oxygen atoms in total. The quantitative estimate of drug-likeness (QED) is 0.486. The number of ether oxygens (including phenoxy) is 4. The van der Waals surface area contributed by atoms with E-state index in [1.807, 2.05) is 19.1 Å². The number of barbiturate groups is 1. The summed E-state index contributed by atoms with van der Waals surface area (Å²) < 4.78 is 21.9. The first-order chi connectivity index (χ1) is 18.1. The molecule has 1 atom stereocenters. The summed E-state index contributed by atoms with van der Waals surface area (Å²) in [7, 11) is 9.12. The summed E-state index contributed by atoms with van der Waals surface area (Å²) in [4.78, 5) is 44.6. The maximum Gasteiger partial charge on any atom is 0.332 e. The molecule has 0 aliphatic carbocycles. The topological polar surface area (TPSA) is 97.9 Å². The van der Waals surface area contributed by atoms with Gasteiger partial charge in [0.1, 0.15) is 16.9 Å². The number of carbonyl (C=O) groups is 3. The van der Waals surface area contributed by atoms with Crippen molar-refractivity contribution in [1.29, 1.82) is 0 Å². The molecule has 0 N–H and O–H groups in total. The number of carbonyl (C=O) groups excluding carboxylic acids is 3. The number of methoxy groups -OCH3 is 4. The lowest BCUT2D eigenvalue weighted by Crippen LogP contribution is -2.67. The highest BCUT2D eigenvalue weighted by molar-refractivity contribution is 6.19. The smallest absolute Gasteiger partial charge is 0.332 e. The summed E-state index contributed by atoms with van der Waals surface area (Å²) >= 11 is 0. The third-order valence-electron chi connectivity index (χ3n) is 7.77. The van der Waals surface area contributed by atoms with Crippen LogP contribution in [0.25, 0.3) is 0 Å². The number of imide groups is 2. The second-order valence-corrected chi connectivity index (χ2v) is 9.75. The normalized spacial score (nSPS) is 19.3. The summed E-state index contributed by atoms with van der Waals surface area (Å²) in [6, 6.07) is 8.45. The van der Waals surface area contributed by atoms with Gasteiger partial charge in [-0.3, -0.25) is 24.3 Å². The zero-order valence-corrected chi connectivity index (χ0v) is 23.0. The molecule has 1 saturated heterocycles. The van der Waals surface area contributed by atoms with Crippen LogP contribution >= 0.6 is 0 Å². The molecule has 0 spiro atoms. The average molecular weight is 526 g/mol. The van der Waals surface area contributed by atoms with Crippen molar-refractivity contribution in [3.8, 4) is 23.0 Å². The van der Waals surface area contributed by atoms with Gasteiger partial charge < -0.3 is 18.9 Å². The average Bonchev–Trinajstić information content (AvgIpc) is 2.94. The van der Waals surface area contributed by atoms with Crippen LogP contribution < -0.4 is 18.9 Å². The monoisotopic (exact) mass is 525 g/mol. The highest BCUT2D eigenvalue weighted by Gasteiger charge is 2.57. The van der Waals surface area contributed by atoms with Gasteiger partial charge in [-0.25, -0.2) is 4.79 Å². The van der Waals surface area contributed by atoms with E-state index in [2.05, 4.69) is 4.90 Å². The van der Waals surface area contributed by atoms with Gasteiger partial charge in [0, 0.05) is 45.7 Å². The van der Waals surface area contributed by atoms with Gasteiger partial charge >= 0.3 is 6.03 Å². The van der Waals surface area contributed by atoms with Crippen LogP contribution in [-0.4, -0.2) is 88.2 Å². The van der Waals surface area contributed by atoms with Gasteiger partial charge in [0.25, 0.3) is 0 Å². The van der Waals surface area contributed by atoms with Crippen LogP contribution in [-0.2, 0) is 22.4 Å². The molecule has 2 aromatic carbocycles. The Morgan fingerprint density at radius 1 is 0.842 bits per heavy atom. The predicted molar refractivity (Wildman–Crippen MR) is 140 cm³/mol. The van der Waals surface area contributed by atoms with Gasteiger partial charge in [-0.15, -0.1) is 0 Å². The van der Waals surface area contributed by atoms with Crippen LogP contribution in [0.2, 0.25) is 0 Å². The van der Waals surface area contributed by atoms with Crippen molar-refractivity contribution in [2.24, 2.45) is 5.41 Å². The van der Waals surface area contributed by atoms with Crippen LogP contribution in [0.1, 0.15) is 29.7 Å². The number of fused-ring (bicyclic) bond motifs is 1. The first-order valence-corrected chi connectivity index (χ1v) is 12.4. The van der Waals surface area contributed by atoms with Crippen molar-refractivity contribution < 1.29 is 33.3 Å². The Balaban J connectivity index is 1.78. The summed E-state index contributed by atoms with van der Waals surface area (Å²) in [6.45, 7) is 2.78. The molecule has 0 bridgehead atoms. The van der Waals surface area contributed by atoms with Crippen molar-refractivity contribution in [2.75, 3.05) is 55.6 Å². The SMILES string of the molecule is COc1ccc(CC2(CN3CCc4cc(OC)c(OC)cc4C3C)C(=O)N(C)C(=O)N(C)C2=O)c(OC)c1. The molecule has 4 amide bonds. The van der Waals surface area contributed by atoms with Gasteiger partial charge in [-0.05, 0) is 48.2 Å². The van der Waals surface area contributed by atoms with Crippen molar-refractivity contribution in [1.82, 2.24) is 14.7 Å². The van der Waals surface area contributed by atoms with Gasteiger partial charge in [0.2, 0.25) is 11.8 Å². The zero-order valence-electron chi connectivity index (χ0n) is 23.0. The number of urea groups is 1. The Morgan fingerprint density at radius 2 is 1.45 bits per heavy atom. The van der Waals surface area contributed by atoms with Gasteiger partial charge in [-0.1, -0.05) is 6.07 Å². The Morgan fingerprint density at radius 3 is 2.03 bits per heavy atom. The molecule has 1 fully saturated rings. The minimum Gasteiger partial charge on any atom is -0.497 e. The Kier molecular flexibility index (Phi) is 7.55. The Bertz CT molecular complexity index is 1240. The summed E-state index contributed by atoms with van der Waals surface area (Å²) in [5.41, 5.74) is 1.30. The van der Waals surface area contributed by atoms with E-state index in [1.54, 1.807) is 39.5 Å². The highest BCUT2D eigenvalue weighted by Crippen LogP contribution is 2.42. The maximum atomic E-state index is 13.9. The molecule has 2 aliphatic rings. The largest absolute Gasteiger partial charge is 0.497 e. The standard InChI is InChI=1S/C28H35N3O7/c1-17-21-14-24(38-7)23(37-6)12-18(21)10-11-31(17)16-28(25(32)29(2)27(34)30(3)26(28)33)15-19-8-9-20(35-4)13-22(19)36-5/h8-9,12-14,17H,10-11,15-16H2,1-7H3. The summed E-state index contributed by atoms with van der Waals surface area (Å²) in [5.74, 6) is 1.31. The van der Waals surface area contributed by atoms with Gasteiger partial charge in [-0.2, -0.15) is 0 Å². The molecule has 204 valence electrons. The van der Waals surface area contributed by atoms with E-state index in [1.165, 1.54) is 21.2 Å². The lowest BCUT2D eigenvalue weighted by atomic mass is 9.75. The van der Waals surface area contributed by atoms with Crippen molar-refractivity contribution in [2.45, 2.75) is 25.8 Å². The first-order valence-electron chi connectivity index (χ1n) is 12.4. The number of amides is 4. The van der Waals surface area contributed by atoms with Crippen molar-refractivity contribution >= 4 is 17.8 Å². The zero-order chi connectivity index (χ0) is 27.8. The van der Waals surface area contributed by atoms with E-state index in [0.717, 1.165) is 20.9 Å². The second kappa shape index (κ2) is 10.5. The molecule has 2 aromatic rings. The number of hydrogen-bond acceptors (Lipinski definition) is 8. The van der Waals surface area contributed by atoms with E-state index in [9.17, 15) is 14.4 Å². The van der Waals surface area contributed by atoms with E-state index in [-0.39, 0.29) is 19.0 Å². The third kappa shape index (κ3) is 4.42. The molecule has 4 rings (SSSR count). The minimum atomic E-state index is -1.54. The fourth-order valence-electron chi connectivity index (χ4n) is 5.56. The summed E-state index contributed by atoms with van der Waals surface area (Å²) in [5, 5.41) is 0. The number of benzene rings is 2. The fourth-order valence-corrected chi connectivity index (χ4v) is 5.56. The molecule has 38 heavy (non-hydrogen) atoms. The lowest BCUT2D eigenvalue weighted by molar-refractivity contribution is -0.159. The molecule has 2 aliphatic heterocycles. The van der Waals surface area contributed by atoms with Gasteiger partial charge in [0.05, 0.1) is 28.4 Å². The maximum absolute atomic E-state index is 13.9. The predicted octanol–water partition coefficient (Wildman–Crippen LogP) is 2.92. The van der Waals surface area contributed by atoms with Crippen molar-refractivity contribution in [3.63, 3.8) is 0 Å². The molecular weight excluding hydrogens is 490 g/mol. The highest BCUT2D eigenvalue weighted by atomic mass is 16.5. The minimum absolute atomic E-state index is 0.0573. The van der Waals surface area contributed by atoms with Crippen LogP contribution in [0.5, 0.6) is 23.0 Å². The number of nitrogens with zero attached hydrogens (tertiary/aromatic N) is 3. The summed E-state index contributed by atoms with van der Waals surface area (Å²) in [6.07, 6.45) is 0.761. The number of hydrogen-bond donors (Lipinski definition) is 0. The molecule has 10 heteroatoms. The van der Waals surface area contributed by atoms with Crippen LogP contribution in [0, 0.1) is 5.41 Å². The molecule has 0 aromatic heterocycles. The van der Waals surface area contributed by atoms with Gasteiger partial charge in [0.15, 0.2) is 11.5 Å². The van der Waals surface area contributed by atoms with E-state index >= 15 is 0 Å². The number of rotatable bonds is 8. The molecular formula is C28H35N3O7. The molecule has 1 unspecified atom stereocenters. The van der Waals surface area contributed by atoms with Crippen LogP contribution in [0.3, 0.4) is 0 Å². The van der Waals surface area contributed by atoms with Crippen LogP contribution in [0.4, 0.5) is 4.79 Å². The molecule has 0 saturated carbocycles.